The molecular formula is C25H29FN2O4. The predicted octanol–water partition coefficient (Wildman–Crippen LogP) is 4.20. The van der Waals surface area contributed by atoms with E-state index < -0.39 is 17.8 Å². The number of rotatable bonds is 5. The summed E-state index contributed by atoms with van der Waals surface area (Å²) in [5, 5.41) is 3.18. The molecule has 0 aromatic heterocycles. The number of methoxy groups -OCH3 is 2. The Hall–Kier alpha value is -3.09. The molecule has 1 heterocycles. The second kappa shape index (κ2) is 9.18. The fourth-order valence-corrected chi connectivity index (χ4v) is 4.97. The number of carbonyl (C=O) groups is 2. The number of carbonyl (C=O) groups excluding carboxylic acids is 2. The number of nitrogens with one attached hydrogen (secondary N) is 1. The van der Waals surface area contributed by atoms with Crippen molar-refractivity contribution in [2.45, 2.75) is 50.1 Å². The number of halogens is 1. The molecule has 2 aromatic carbocycles. The van der Waals surface area contributed by atoms with Gasteiger partial charge in [-0.2, -0.15) is 0 Å². The van der Waals surface area contributed by atoms with E-state index in [2.05, 4.69) is 5.32 Å². The molecular weight excluding hydrogens is 411 g/mol. The lowest BCUT2D eigenvalue weighted by Gasteiger charge is -2.40. The topological polar surface area (TPSA) is 67.9 Å². The van der Waals surface area contributed by atoms with Crippen molar-refractivity contribution in [3.63, 3.8) is 0 Å². The minimum atomic E-state index is -0.786. The molecule has 1 aliphatic heterocycles. The van der Waals surface area contributed by atoms with Crippen molar-refractivity contribution in [1.29, 1.82) is 0 Å². The average Bonchev–Trinajstić information content (AvgIpc) is 2.81. The average molecular weight is 441 g/mol. The molecule has 2 atom stereocenters. The van der Waals surface area contributed by atoms with Gasteiger partial charge in [0, 0.05) is 24.2 Å². The van der Waals surface area contributed by atoms with E-state index in [1.807, 2.05) is 0 Å². The van der Waals surface area contributed by atoms with Crippen molar-refractivity contribution >= 4 is 11.8 Å². The molecule has 0 saturated heterocycles. The molecule has 0 bridgehead atoms. The number of hydrogen-bond donors (Lipinski definition) is 1. The highest BCUT2D eigenvalue weighted by Gasteiger charge is 2.44. The monoisotopic (exact) mass is 440 g/mol. The third-order valence-electron chi connectivity index (χ3n) is 6.63. The molecule has 7 heteroatoms. The first kappa shape index (κ1) is 22.1. The number of fused-ring (bicyclic) bond motifs is 1. The highest BCUT2D eigenvalue weighted by molar-refractivity contribution is 6.02. The van der Waals surface area contributed by atoms with Crippen molar-refractivity contribution in [2.24, 2.45) is 0 Å². The van der Waals surface area contributed by atoms with Crippen LogP contribution in [-0.2, 0) is 4.79 Å². The number of benzene rings is 2. The number of hydrogen-bond acceptors (Lipinski definition) is 4. The molecule has 2 aromatic rings. The van der Waals surface area contributed by atoms with Gasteiger partial charge in [0.2, 0.25) is 5.91 Å². The molecule has 0 radical (unpaired) electrons. The van der Waals surface area contributed by atoms with Gasteiger partial charge in [0.1, 0.15) is 5.82 Å². The smallest absolute Gasteiger partial charge is 0.254 e. The zero-order valence-corrected chi connectivity index (χ0v) is 18.7. The number of nitrogens with zero attached hydrogens (tertiary/aromatic N) is 1. The summed E-state index contributed by atoms with van der Waals surface area (Å²) >= 11 is 0. The quantitative estimate of drug-likeness (QED) is 0.757. The van der Waals surface area contributed by atoms with E-state index in [0.29, 0.717) is 28.2 Å². The lowest BCUT2D eigenvalue weighted by molar-refractivity contribution is -0.125. The molecule has 1 fully saturated rings. The first-order valence-electron chi connectivity index (χ1n) is 11.0. The minimum Gasteiger partial charge on any atom is -0.493 e. The van der Waals surface area contributed by atoms with Crippen LogP contribution in [-0.4, -0.2) is 44.0 Å². The van der Waals surface area contributed by atoms with Crippen molar-refractivity contribution < 1.29 is 23.5 Å². The molecule has 32 heavy (non-hydrogen) atoms. The summed E-state index contributed by atoms with van der Waals surface area (Å²) < 4.78 is 25.7. The minimum absolute atomic E-state index is 0.0871. The molecule has 0 unspecified atom stereocenters. The first-order chi connectivity index (χ1) is 15.5. The maximum atomic E-state index is 14.9. The molecule has 2 aliphatic rings. The molecule has 2 amide bonds. The maximum absolute atomic E-state index is 14.9. The number of amides is 2. The highest BCUT2D eigenvalue weighted by atomic mass is 19.1. The molecule has 6 nitrogen and oxygen atoms in total. The van der Waals surface area contributed by atoms with Crippen LogP contribution in [0.4, 0.5) is 4.39 Å². The molecule has 0 spiro atoms. The molecule has 1 aliphatic carbocycles. The Labute approximate surface area is 187 Å². The van der Waals surface area contributed by atoms with E-state index in [9.17, 15) is 14.0 Å². The number of likely N-dealkylation sites (N-methyl/N-ethyl adjacent to an activating group) is 1. The van der Waals surface area contributed by atoms with E-state index in [1.165, 1.54) is 31.6 Å². The van der Waals surface area contributed by atoms with Crippen LogP contribution in [0.5, 0.6) is 11.5 Å². The first-order valence-corrected chi connectivity index (χ1v) is 11.0. The van der Waals surface area contributed by atoms with Crippen molar-refractivity contribution in [3.8, 4) is 11.5 Å². The van der Waals surface area contributed by atoms with Gasteiger partial charge in [-0.25, -0.2) is 4.39 Å². The van der Waals surface area contributed by atoms with Crippen LogP contribution in [0.25, 0.3) is 0 Å². The second-order valence-electron chi connectivity index (χ2n) is 8.50. The third-order valence-corrected chi connectivity index (χ3v) is 6.63. The van der Waals surface area contributed by atoms with Crippen molar-refractivity contribution in [2.75, 3.05) is 21.3 Å². The molecule has 1 N–H and O–H groups in total. The summed E-state index contributed by atoms with van der Waals surface area (Å²) in [6, 6.07) is 8.90. The summed E-state index contributed by atoms with van der Waals surface area (Å²) in [5.74, 6) is -0.910. The van der Waals surface area contributed by atoms with Crippen molar-refractivity contribution in [3.05, 3.63) is 58.9 Å². The van der Waals surface area contributed by atoms with E-state index in [-0.39, 0.29) is 17.9 Å². The molecule has 4 rings (SSSR count). The van der Waals surface area contributed by atoms with Crippen LogP contribution < -0.4 is 14.8 Å². The Morgan fingerprint density at radius 1 is 1.03 bits per heavy atom. The van der Waals surface area contributed by atoms with Crippen LogP contribution >= 0.6 is 0 Å². The lowest BCUT2D eigenvalue weighted by atomic mass is 9.78. The van der Waals surface area contributed by atoms with Gasteiger partial charge >= 0.3 is 0 Å². The standard InChI is InChI=1S/C25H29FN2O4/c1-28-23(16-11-7-8-12-19(16)26)22(24(29)27-15-9-5-4-6-10-15)17-13-20(31-2)21(32-3)14-18(17)25(28)30/h7-8,11-15,22-23H,4-6,9-10H2,1-3H3,(H,27,29)/t22-,23-/m0/s1. The van der Waals surface area contributed by atoms with Crippen molar-refractivity contribution in [1.82, 2.24) is 10.2 Å². The summed E-state index contributed by atoms with van der Waals surface area (Å²) in [6.45, 7) is 0. The van der Waals surface area contributed by atoms with Gasteiger partial charge in [0.15, 0.2) is 11.5 Å². The summed E-state index contributed by atoms with van der Waals surface area (Å²) in [6.07, 6.45) is 5.18. The van der Waals surface area contributed by atoms with E-state index in [0.717, 1.165) is 25.7 Å². The normalized spacial score (nSPS) is 21.1. The van der Waals surface area contributed by atoms with E-state index in [4.69, 9.17) is 9.47 Å². The Morgan fingerprint density at radius 3 is 2.34 bits per heavy atom. The van der Waals surface area contributed by atoms with Gasteiger partial charge < -0.3 is 19.7 Å². The SMILES string of the molecule is COc1cc2c(cc1OC)[C@H](C(=O)NC1CCCCC1)[C@H](c1ccccc1F)N(C)C2=O. The largest absolute Gasteiger partial charge is 0.493 e. The molecule has 1 saturated carbocycles. The van der Waals surface area contributed by atoms with Crippen LogP contribution in [0.1, 0.15) is 65.5 Å². The van der Waals surface area contributed by atoms with Crippen LogP contribution in [0.2, 0.25) is 0 Å². The predicted molar refractivity (Wildman–Crippen MR) is 119 cm³/mol. The highest BCUT2D eigenvalue weighted by Crippen LogP contribution is 2.46. The second-order valence-corrected chi connectivity index (χ2v) is 8.50. The van der Waals surface area contributed by atoms with Gasteiger partial charge in [-0.3, -0.25) is 9.59 Å². The zero-order chi connectivity index (χ0) is 22.8. The van der Waals surface area contributed by atoms with Gasteiger partial charge in [0.25, 0.3) is 5.91 Å². The number of ether oxygens (including phenoxy) is 2. The summed E-state index contributed by atoms with van der Waals surface area (Å²) in [4.78, 5) is 28.5. The van der Waals surface area contributed by atoms with Gasteiger partial charge in [0.05, 0.1) is 26.2 Å². The third kappa shape index (κ3) is 3.92. The Morgan fingerprint density at radius 2 is 1.69 bits per heavy atom. The van der Waals surface area contributed by atoms with Crippen LogP contribution in [0, 0.1) is 5.82 Å². The van der Waals surface area contributed by atoms with Gasteiger partial charge in [-0.1, -0.05) is 37.5 Å². The zero-order valence-electron chi connectivity index (χ0n) is 18.7. The fourth-order valence-electron chi connectivity index (χ4n) is 4.97. The summed E-state index contributed by atoms with van der Waals surface area (Å²) in [5.41, 5.74) is 1.20. The summed E-state index contributed by atoms with van der Waals surface area (Å²) in [7, 11) is 4.61. The fraction of sp³-hybridized carbons (Fsp3) is 0.440. The van der Waals surface area contributed by atoms with Crippen LogP contribution in [0.3, 0.4) is 0 Å². The Bertz CT molecular complexity index is 1020. The lowest BCUT2D eigenvalue weighted by Crippen LogP contribution is -2.48. The Balaban J connectivity index is 1.85. The van der Waals surface area contributed by atoms with E-state index in [1.54, 1.807) is 37.4 Å². The Kier molecular flexibility index (Phi) is 6.35. The molecule has 170 valence electrons. The van der Waals surface area contributed by atoms with Crippen LogP contribution in [0.15, 0.2) is 36.4 Å². The maximum Gasteiger partial charge on any atom is 0.254 e. The van der Waals surface area contributed by atoms with Gasteiger partial charge in [-0.05, 0) is 36.6 Å². The van der Waals surface area contributed by atoms with E-state index >= 15 is 0 Å². The van der Waals surface area contributed by atoms with Gasteiger partial charge in [-0.15, -0.1) is 0 Å².